The maximum absolute atomic E-state index is 6.30. The topological polar surface area (TPSA) is 17.8 Å². The Labute approximate surface area is 118 Å². The fourth-order valence-corrected chi connectivity index (χ4v) is 2.48. The second kappa shape index (κ2) is 5.10. The molecule has 0 fully saturated rings. The van der Waals surface area contributed by atoms with E-state index in [-0.39, 0.29) is 5.41 Å². The van der Waals surface area contributed by atoms with E-state index in [1.807, 2.05) is 18.2 Å². The molecule has 1 aromatic heterocycles. The molecule has 1 aromatic carbocycles. The van der Waals surface area contributed by atoms with Crippen LogP contribution in [0.25, 0.3) is 11.0 Å². The first-order chi connectivity index (χ1) is 8.48. The number of aromatic nitrogens is 2. The highest BCUT2D eigenvalue weighted by atomic mass is 35.5. The zero-order valence-electron chi connectivity index (χ0n) is 11.0. The molecule has 0 bridgehead atoms. The van der Waals surface area contributed by atoms with Gasteiger partial charge in [-0.05, 0) is 24.0 Å². The summed E-state index contributed by atoms with van der Waals surface area (Å²) in [5, 5.41) is 0.739. The summed E-state index contributed by atoms with van der Waals surface area (Å²) in [7, 11) is 0. The van der Waals surface area contributed by atoms with Crippen LogP contribution in [0.3, 0.4) is 0 Å². The molecule has 2 nitrogen and oxygen atoms in total. The van der Waals surface area contributed by atoms with Crippen molar-refractivity contribution in [2.24, 2.45) is 5.41 Å². The van der Waals surface area contributed by atoms with E-state index in [1.54, 1.807) is 0 Å². The number of fused-ring (bicyclic) bond motifs is 1. The Hall–Kier alpha value is -0.730. The highest BCUT2D eigenvalue weighted by molar-refractivity contribution is 6.35. The van der Waals surface area contributed by atoms with Crippen molar-refractivity contribution in [3.05, 3.63) is 29.0 Å². The first-order valence-electron chi connectivity index (χ1n) is 6.18. The van der Waals surface area contributed by atoms with Gasteiger partial charge < -0.3 is 4.57 Å². The van der Waals surface area contributed by atoms with Gasteiger partial charge in [0, 0.05) is 6.54 Å². The van der Waals surface area contributed by atoms with E-state index in [2.05, 4.69) is 30.3 Å². The molecule has 0 saturated heterocycles. The molecule has 0 aliphatic rings. The van der Waals surface area contributed by atoms with Gasteiger partial charge in [0.05, 0.1) is 21.9 Å². The standard InChI is InChI=1S/C14H18Cl2N2/c1-4-14(2,3)9-18-12(8-15)17-11-7-5-6-10(16)13(11)18/h5-7H,4,8-9H2,1-3H3. The molecule has 0 aliphatic heterocycles. The van der Waals surface area contributed by atoms with Crippen molar-refractivity contribution in [2.75, 3.05) is 0 Å². The monoisotopic (exact) mass is 284 g/mol. The Balaban J connectivity index is 2.60. The van der Waals surface area contributed by atoms with Crippen molar-refractivity contribution in [3.63, 3.8) is 0 Å². The molecule has 2 rings (SSSR count). The summed E-state index contributed by atoms with van der Waals surface area (Å²) in [5.74, 6) is 1.30. The minimum atomic E-state index is 0.202. The molecule has 0 atom stereocenters. The molecule has 0 saturated carbocycles. The third-order valence-corrected chi connectivity index (χ3v) is 4.00. The molecule has 0 unspecified atom stereocenters. The van der Waals surface area contributed by atoms with Crippen molar-refractivity contribution in [3.8, 4) is 0 Å². The first kappa shape index (κ1) is 13.7. The average Bonchev–Trinajstić information content (AvgIpc) is 2.68. The van der Waals surface area contributed by atoms with Crippen molar-refractivity contribution >= 4 is 34.2 Å². The summed E-state index contributed by atoms with van der Waals surface area (Å²) in [6.07, 6.45) is 1.10. The number of imidazole rings is 1. The molecule has 0 N–H and O–H groups in total. The Kier molecular flexibility index (Phi) is 3.88. The van der Waals surface area contributed by atoms with Gasteiger partial charge in [-0.25, -0.2) is 4.98 Å². The SMILES string of the molecule is CCC(C)(C)Cn1c(CCl)nc2cccc(Cl)c21. The number of benzene rings is 1. The molecule has 0 radical (unpaired) electrons. The molecule has 0 aliphatic carbocycles. The van der Waals surface area contributed by atoms with Crippen LogP contribution in [0.15, 0.2) is 18.2 Å². The summed E-state index contributed by atoms with van der Waals surface area (Å²) >= 11 is 12.3. The van der Waals surface area contributed by atoms with E-state index in [1.165, 1.54) is 0 Å². The lowest BCUT2D eigenvalue weighted by Gasteiger charge is -2.24. The maximum Gasteiger partial charge on any atom is 0.124 e. The van der Waals surface area contributed by atoms with Gasteiger partial charge in [0.25, 0.3) is 0 Å². The van der Waals surface area contributed by atoms with Crippen LogP contribution in [0.5, 0.6) is 0 Å². The van der Waals surface area contributed by atoms with Crippen LogP contribution in [0, 0.1) is 5.41 Å². The second-order valence-corrected chi connectivity index (χ2v) is 6.05. The van der Waals surface area contributed by atoms with E-state index < -0.39 is 0 Å². The lowest BCUT2D eigenvalue weighted by Crippen LogP contribution is -2.20. The number of alkyl halides is 1. The number of hydrogen-bond donors (Lipinski definition) is 0. The number of halogens is 2. The van der Waals surface area contributed by atoms with E-state index in [9.17, 15) is 0 Å². The van der Waals surface area contributed by atoms with Crippen molar-refractivity contribution in [1.29, 1.82) is 0 Å². The number of para-hydroxylation sites is 1. The van der Waals surface area contributed by atoms with Crippen LogP contribution < -0.4 is 0 Å². The minimum Gasteiger partial charge on any atom is -0.325 e. The molecule has 0 amide bonds. The molecule has 4 heteroatoms. The Morgan fingerprint density at radius 1 is 1.33 bits per heavy atom. The number of nitrogens with zero attached hydrogens (tertiary/aromatic N) is 2. The van der Waals surface area contributed by atoms with E-state index >= 15 is 0 Å². The van der Waals surface area contributed by atoms with Gasteiger partial charge in [0.1, 0.15) is 5.82 Å². The molecule has 0 spiro atoms. The Morgan fingerprint density at radius 3 is 2.67 bits per heavy atom. The van der Waals surface area contributed by atoms with E-state index in [0.717, 1.165) is 34.8 Å². The largest absolute Gasteiger partial charge is 0.325 e. The predicted octanol–water partition coefficient (Wildman–Crippen LogP) is 4.86. The third-order valence-electron chi connectivity index (χ3n) is 3.46. The molecular weight excluding hydrogens is 267 g/mol. The van der Waals surface area contributed by atoms with Gasteiger partial charge in [-0.3, -0.25) is 0 Å². The summed E-state index contributed by atoms with van der Waals surface area (Å²) in [5.41, 5.74) is 2.12. The second-order valence-electron chi connectivity index (χ2n) is 5.37. The van der Waals surface area contributed by atoms with E-state index in [4.69, 9.17) is 23.2 Å². The van der Waals surface area contributed by atoms with Gasteiger partial charge in [-0.1, -0.05) is 38.4 Å². The molecule has 18 heavy (non-hydrogen) atoms. The quantitative estimate of drug-likeness (QED) is 0.733. The van der Waals surface area contributed by atoms with Gasteiger partial charge in [-0.15, -0.1) is 11.6 Å². The van der Waals surface area contributed by atoms with E-state index in [0.29, 0.717) is 5.88 Å². The first-order valence-corrected chi connectivity index (χ1v) is 7.09. The van der Waals surface area contributed by atoms with Crippen LogP contribution in [-0.4, -0.2) is 9.55 Å². The third kappa shape index (κ3) is 2.50. The van der Waals surface area contributed by atoms with Crippen LogP contribution >= 0.6 is 23.2 Å². The predicted molar refractivity (Wildman–Crippen MR) is 78.4 cm³/mol. The molecule has 1 heterocycles. The zero-order chi connectivity index (χ0) is 13.3. The highest BCUT2D eigenvalue weighted by Gasteiger charge is 2.21. The number of rotatable bonds is 4. The van der Waals surface area contributed by atoms with Crippen molar-refractivity contribution in [2.45, 2.75) is 39.6 Å². The number of hydrogen-bond acceptors (Lipinski definition) is 1. The van der Waals surface area contributed by atoms with Gasteiger partial charge >= 0.3 is 0 Å². The van der Waals surface area contributed by atoms with Crippen molar-refractivity contribution in [1.82, 2.24) is 9.55 Å². The van der Waals surface area contributed by atoms with Gasteiger partial charge in [0.15, 0.2) is 0 Å². The lowest BCUT2D eigenvalue weighted by atomic mass is 9.90. The van der Waals surface area contributed by atoms with Gasteiger partial charge in [-0.2, -0.15) is 0 Å². The zero-order valence-corrected chi connectivity index (χ0v) is 12.5. The summed E-state index contributed by atoms with van der Waals surface area (Å²) in [4.78, 5) is 4.56. The molecule has 2 aromatic rings. The Bertz CT molecular complexity index is 558. The normalized spacial score (nSPS) is 12.3. The van der Waals surface area contributed by atoms with Crippen LogP contribution in [0.1, 0.15) is 33.0 Å². The van der Waals surface area contributed by atoms with Crippen LogP contribution in [0.4, 0.5) is 0 Å². The average molecular weight is 285 g/mol. The summed E-state index contributed by atoms with van der Waals surface area (Å²) in [6.45, 7) is 7.56. The summed E-state index contributed by atoms with van der Waals surface area (Å²) in [6, 6.07) is 5.80. The van der Waals surface area contributed by atoms with Crippen molar-refractivity contribution < 1.29 is 0 Å². The molecule has 98 valence electrons. The van der Waals surface area contributed by atoms with Gasteiger partial charge in [0.2, 0.25) is 0 Å². The lowest BCUT2D eigenvalue weighted by molar-refractivity contribution is 0.295. The van der Waals surface area contributed by atoms with Crippen LogP contribution in [0.2, 0.25) is 5.02 Å². The fourth-order valence-electron chi connectivity index (χ4n) is 2.00. The maximum atomic E-state index is 6.30. The Morgan fingerprint density at radius 2 is 2.06 bits per heavy atom. The minimum absolute atomic E-state index is 0.202. The molecular formula is C14H18Cl2N2. The van der Waals surface area contributed by atoms with Crippen LogP contribution in [-0.2, 0) is 12.4 Å². The fraction of sp³-hybridized carbons (Fsp3) is 0.500. The summed E-state index contributed by atoms with van der Waals surface area (Å²) < 4.78 is 2.16. The smallest absolute Gasteiger partial charge is 0.124 e. The highest BCUT2D eigenvalue weighted by Crippen LogP contribution is 2.30.